The van der Waals surface area contributed by atoms with E-state index in [1.165, 1.54) is 0 Å². The molecule has 1 unspecified atom stereocenters. The van der Waals surface area contributed by atoms with E-state index in [0.717, 1.165) is 12.8 Å². The summed E-state index contributed by atoms with van der Waals surface area (Å²) in [6, 6.07) is -0.109. The Hall–Kier alpha value is -0.280. The quantitative estimate of drug-likeness (QED) is 0.511. The molecule has 0 aliphatic rings. The molecule has 3 nitrogen and oxygen atoms in total. The Morgan fingerprint density at radius 1 is 1.67 bits per heavy atom. The molecule has 4 heteroatoms. The molecule has 72 valence electrons. The molecule has 0 aliphatic heterocycles. The lowest BCUT2D eigenvalue weighted by molar-refractivity contribution is -0.143. The second-order valence-corrected chi connectivity index (χ2v) is 2.98. The maximum Gasteiger partial charge on any atom is 0.307 e. The van der Waals surface area contributed by atoms with Crippen LogP contribution in [0.25, 0.3) is 0 Å². The zero-order chi connectivity index (χ0) is 9.40. The van der Waals surface area contributed by atoms with Gasteiger partial charge in [0, 0.05) is 11.9 Å². The second-order valence-electron chi connectivity index (χ2n) is 2.60. The van der Waals surface area contributed by atoms with E-state index in [2.05, 4.69) is 0 Å². The van der Waals surface area contributed by atoms with Crippen LogP contribution in [0.3, 0.4) is 0 Å². The Bertz CT molecular complexity index is 130. The SMILES string of the molecule is CCOC(=O)CC(N)CCCCl. The maximum atomic E-state index is 10.9. The van der Waals surface area contributed by atoms with Crippen molar-refractivity contribution >= 4 is 17.6 Å². The number of rotatable bonds is 6. The smallest absolute Gasteiger partial charge is 0.307 e. The average Bonchev–Trinajstić information content (AvgIpc) is 2.01. The molecular formula is C8H16ClNO2. The Balaban J connectivity index is 3.40. The summed E-state index contributed by atoms with van der Waals surface area (Å²) in [4.78, 5) is 10.9. The fraction of sp³-hybridized carbons (Fsp3) is 0.875. The van der Waals surface area contributed by atoms with Gasteiger partial charge in [-0.25, -0.2) is 0 Å². The van der Waals surface area contributed by atoms with Crippen molar-refractivity contribution in [2.45, 2.75) is 32.2 Å². The number of alkyl halides is 1. The Kier molecular flexibility index (Phi) is 7.20. The molecule has 0 radical (unpaired) electrons. The van der Waals surface area contributed by atoms with Crippen LogP contribution >= 0.6 is 11.6 Å². The molecule has 0 aromatic carbocycles. The minimum Gasteiger partial charge on any atom is -0.466 e. The number of hydrogen-bond acceptors (Lipinski definition) is 3. The zero-order valence-electron chi connectivity index (χ0n) is 7.38. The van der Waals surface area contributed by atoms with Crippen LogP contribution in [0.4, 0.5) is 0 Å². The van der Waals surface area contributed by atoms with Crippen molar-refractivity contribution in [1.29, 1.82) is 0 Å². The van der Waals surface area contributed by atoms with Gasteiger partial charge in [-0.3, -0.25) is 4.79 Å². The van der Waals surface area contributed by atoms with Gasteiger partial charge in [0.2, 0.25) is 0 Å². The Labute approximate surface area is 78.2 Å². The summed E-state index contributed by atoms with van der Waals surface area (Å²) in [6.07, 6.45) is 1.93. The van der Waals surface area contributed by atoms with E-state index in [0.29, 0.717) is 18.9 Å². The first kappa shape index (κ1) is 11.7. The summed E-state index contributed by atoms with van der Waals surface area (Å²) in [6.45, 7) is 2.20. The first-order valence-corrected chi connectivity index (χ1v) is 4.71. The van der Waals surface area contributed by atoms with Gasteiger partial charge in [-0.05, 0) is 19.8 Å². The van der Waals surface area contributed by atoms with E-state index < -0.39 is 0 Å². The molecule has 0 saturated heterocycles. The molecule has 0 saturated carbocycles. The van der Waals surface area contributed by atoms with Crippen molar-refractivity contribution in [3.05, 3.63) is 0 Å². The predicted octanol–water partition coefficient (Wildman–Crippen LogP) is 1.29. The fourth-order valence-corrected chi connectivity index (χ4v) is 1.03. The van der Waals surface area contributed by atoms with Crippen LogP contribution in [0.5, 0.6) is 0 Å². The highest BCUT2D eigenvalue weighted by molar-refractivity contribution is 6.17. The summed E-state index contributed by atoms with van der Waals surface area (Å²) < 4.78 is 4.74. The summed E-state index contributed by atoms with van der Waals surface area (Å²) in [5, 5.41) is 0. The van der Waals surface area contributed by atoms with E-state index in [1.54, 1.807) is 6.92 Å². The van der Waals surface area contributed by atoms with Gasteiger partial charge in [-0.1, -0.05) is 0 Å². The third-order valence-corrected chi connectivity index (χ3v) is 1.71. The minimum absolute atomic E-state index is 0.109. The fourth-order valence-electron chi connectivity index (χ4n) is 0.875. The van der Waals surface area contributed by atoms with Crippen LogP contribution in [0.15, 0.2) is 0 Å². The van der Waals surface area contributed by atoms with E-state index in [1.807, 2.05) is 0 Å². The molecule has 0 heterocycles. The number of hydrogen-bond donors (Lipinski definition) is 1. The lowest BCUT2D eigenvalue weighted by Crippen LogP contribution is -2.24. The summed E-state index contributed by atoms with van der Waals surface area (Å²) in [5.41, 5.74) is 5.63. The van der Waals surface area contributed by atoms with Gasteiger partial charge in [0.25, 0.3) is 0 Å². The van der Waals surface area contributed by atoms with E-state index in [-0.39, 0.29) is 12.0 Å². The lowest BCUT2D eigenvalue weighted by Gasteiger charge is -2.08. The molecule has 0 bridgehead atoms. The molecule has 0 spiro atoms. The van der Waals surface area contributed by atoms with Gasteiger partial charge < -0.3 is 10.5 Å². The normalized spacial score (nSPS) is 12.6. The molecule has 0 fully saturated rings. The van der Waals surface area contributed by atoms with Crippen molar-refractivity contribution in [3.63, 3.8) is 0 Å². The average molecular weight is 194 g/mol. The van der Waals surface area contributed by atoms with Crippen molar-refractivity contribution in [3.8, 4) is 0 Å². The molecule has 0 rings (SSSR count). The number of ether oxygens (including phenoxy) is 1. The first-order valence-electron chi connectivity index (χ1n) is 4.17. The highest BCUT2D eigenvalue weighted by Gasteiger charge is 2.08. The van der Waals surface area contributed by atoms with Gasteiger partial charge in [-0.2, -0.15) is 0 Å². The van der Waals surface area contributed by atoms with Crippen LogP contribution in [-0.4, -0.2) is 24.5 Å². The molecule has 1 atom stereocenters. The third-order valence-electron chi connectivity index (χ3n) is 1.44. The standard InChI is InChI=1S/C8H16ClNO2/c1-2-12-8(11)6-7(10)4-3-5-9/h7H,2-6,10H2,1H3. The third kappa shape index (κ3) is 6.43. The van der Waals surface area contributed by atoms with Crippen LogP contribution in [-0.2, 0) is 9.53 Å². The van der Waals surface area contributed by atoms with E-state index in [4.69, 9.17) is 22.1 Å². The number of carbonyl (C=O) groups excluding carboxylic acids is 1. The topological polar surface area (TPSA) is 52.3 Å². The molecule has 0 aliphatic carbocycles. The Morgan fingerprint density at radius 3 is 2.83 bits per heavy atom. The van der Waals surface area contributed by atoms with Gasteiger partial charge in [0.05, 0.1) is 13.0 Å². The van der Waals surface area contributed by atoms with Crippen molar-refractivity contribution in [1.82, 2.24) is 0 Å². The molecular weight excluding hydrogens is 178 g/mol. The number of carbonyl (C=O) groups is 1. The number of nitrogens with two attached hydrogens (primary N) is 1. The van der Waals surface area contributed by atoms with Gasteiger partial charge in [0.15, 0.2) is 0 Å². The molecule has 0 aromatic heterocycles. The largest absolute Gasteiger partial charge is 0.466 e. The highest BCUT2D eigenvalue weighted by atomic mass is 35.5. The zero-order valence-corrected chi connectivity index (χ0v) is 8.14. The van der Waals surface area contributed by atoms with Gasteiger partial charge in [-0.15, -0.1) is 11.6 Å². The van der Waals surface area contributed by atoms with E-state index >= 15 is 0 Å². The minimum atomic E-state index is -0.223. The summed E-state index contributed by atoms with van der Waals surface area (Å²) in [7, 11) is 0. The second kappa shape index (κ2) is 7.37. The van der Waals surface area contributed by atoms with Gasteiger partial charge in [0.1, 0.15) is 0 Å². The monoisotopic (exact) mass is 193 g/mol. The van der Waals surface area contributed by atoms with Crippen LogP contribution in [0.1, 0.15) is 26.2 Å². The summed E-state index contributed by atoms with van der Waals surface area (Å²) >= 11 is 5.47. The van der Waals surface area contributed by atoms with Crippen molar-refractivity contribution in [2.24, 2.45) is 5.73 Å². The molecule has 0 amide bonds. The highest BCUT2D eigenvalue weighted by Crippen LogP contribution is 2.01. The van der Waals surface area contributed by atoms with Crippen LogP contribution in [0, 0.1) is 0 Å². The first-order chi connectivity index (χ1) is 5.70. The number of halogens is 1. The van der Waals surface area contributed by atoms with Gasteiger partial charge >= 0.3 is 5.97 Å². The summed E-state index contributed by atoms with van der Waals surface area (Å²) in [5.74, 6) is 0.371. The number of esters is 1. The molecule has 0 aromatic rings. The molecule has 12 heavy (non-hydrogen) atoms. The lowest BCUT2D eigenvalue weighted by atomic mass is 10.1. The van der Waals surface area contributed by atoms with E-state index in [9.17, 15) is 4.79 Å². The Morgan fingerprint density at radius 2 is 2.33 bits per heavy atom. The van der Waals surface area contributed by atoms with Crippen LogP contribution in [0.2, 0.25) is 0 Å². The predicted molar refractivity (Wildman–Crippen MR) is 49.2 cm³/mol. The van der Waals surface area contributed by atoms with Crippen LogP contribution < -0.4 is 5.73 Å². The maximum absolute atomic E-state index is 10.9. The van der Waals surface area contributed by atoms with Crippen molar-refractivity contribution < 1.29 is 9.53 Å². The molecule has 2 N–H and O–H groups in total. The van der Waals surface area contributed by atoms with Crippen molar-refractivity contribution in [2.75, 3.05) is 12.5 Å².